The van der Waals surface area contributed by atoms with Crippen LogP contribution in [0, 0.1) is 5.92 Å². The van der Waals surface area contributed by atoms with Crippen LogP contribution in [0.5, 0.6) is 0 Å². The molecule has 1 atom stereocenters. The van der Waals surface area contributed by atoms with Crippen molar-refractivity contribution < 1.29 is 4.39 Å². The first kappa shape index (κ1) is 12.5. The molecule has 0 fully saturated rings. The van der Waals surface area contributed by atoms with E-state index in [9.17, 15) is 0 Å². The molecule has 2 rings (SSSR count). The monoisotopic (exact) mass is 239 g/mol. The normalized spacial score (nSPS) is 25.5. The Morgan fingerprint density at radius 3 is 2.76 bits per heavy atom. The van der Waals surface area contributed by atoms with Gasteiger partial charge in [-0.1, -0.05) is 25.5 Å². The molecule has 1 unspecified atom stereocenters. The second kappa shape index (κ2) is 4.75. The second-order valence-electron chi connectivity index (χ2n) is 5.28. The first-order valence-corrected chi connectivity index (χ1v) is 6.71. The highest BCUT2D eigenvalue weighted by Gasteiger charge is 2.41. The number of aromatic nitrogens is 3. The third-order valence-electron chi connectivity index (χ3n) is 3.87. The molecule has 0 amide bonds. The van der Waals surface area contributed by atoms with Crippen molar-refractivity contribution in [3.8, 4) is 0 Å². The van der Waals surface area contributed by atoms with Gasteiger partial charge in [-0.25, -0.2) is 9.07 Å². The van der Waals surface area contributed by atoms with Gasteiger partial charge in [0.2, 0.25) is 0 Å². The number of fused-ring (bicyclic) bond motifs is 1. The van der Waals surface area contributed by atoms with Gasteiger partial charge >= 0.3 is 0 Å². The Morgan fingerprint density at radius 2 is 2.12 bits per heavy atom. The van der Waals surface area contributed by atoms with Gasteiger partial charge < -0.3 is 0 Å². The van der Waals surface area contributed by atoms with E-state index in [0.717, 1.165) is 37.1 Å². The van der Waals surface area contributed by atoms with Crippen LogP contribution in [0.2, 0.25) is 0 Å². The summed E-state index contributed by atoms with van der Waals surface area (Å²) in [5.41, 5.74) is 0.368. The Kier molecular flexibility index (Phi) is 3.50. The molecule has 1 aliphatic carbocycles. The van der Waals surface area contributed by atoms with Gasteiger partial charge in [0, 0.05) is 6.54 Å². The van der Waals surface area contributed by atoms with Crippen LogP contribution < -0.4 is 0 Å². The highest BCUT2D eigenvalue weighted by atomic mass is 19.1. The SMILES string of the molecule is CCn1nnc2c1C(F)(C(C)C)CCCCC2. The van der Waals surface area contributed by atoms with E-state index in [4.69, 9.17) is 0 Å². The number of hydrogen-bond acceptors (Lipinski definition) is 2. The predicted octanol–water partition coefficient (Wildman–Crippen LogP) is 3.24. The lowest BCUT2D eigenvalue weighted by Gasteiger charge is -2.31. The molecule has 0 saturated carbocycles. The Balaban J connectivity index is 2.51. The number of rotatable bonds is 2. The maximum Gasteiger partial charge on any atom is 0.156 e. The first-order chi connectivity index (χ1) is 8.09. The summed E-state index contributed by atoms with van der Waals surface area (Å²) < 4.78 is 17.1. The van der Waals surface area contributed by atoms with E-state index in [-0.39, 0.29) is 5.92 Å². The van der Waals surface area contributed by atoms with Crippen LogP contribution >= 0.6 is 0 Å². The van der Waals surface area contributed by atoms with Gasteiger partial charge in [0.05, 0.1) is 11.4 Å². The molecular weight excluding hydrogens is 217 g/mol. The maximum absolute atomic E-state index is 15.3. The molecule has 0 aromatic carbocycles. The Labute approximate surface area is 102 Å². The van der Waals surface area contributed by atoms with Crippen molar-refractivity contribution in [2.75, 3.05) is 0 Å². The van der Waals surface area contributed by atoms with Gasteiger partial charge in [-0.15, -0.1) is 5.10 Å². The molecule has 0 aliphatic heterocycles. The van der Waals surface area contributed by atoms with Gasteiger partial charge in [0.25, 0.3) is 0 Å². The van der Waals surface area contributed by atoms with E-state index < -0.39 is 5.67 Å². The molecule has 1 aromatic heterocycles. The van der Waals surface area contributed by atoms with Crippen molar-refractivity contribution >= 4 is 0 Å². The van der Waals surface area contributed by atoms with Gasteiger partial charge in [-0.05, 0) is 38.5 Å². The third kappa shape index (κ3) is 2.09. The number of hydrogen-bond donors (Lipinski definition) is 0. The zero-order chi connectivity index (χ0) is 12.5. The molecule has 3 nitrogen and oxygen atoms in total. The van der Waals surface area contributed by atoms with Gasteiger partial charge in [-0.3, -0.25) is 0 Å². The summed E-state index contributed by atoms with van der Waals surface area (Å²) in [5.74, 6) is -0.0249. The number of alkyl halides is 1. The van der Waals surface area contributed by atoms with E-state index in [2.05, 4.69) is 10.3 Å². The van der Waals surface area contributed by atoms with E-state index in [1.54, 1.807) is 4.68 Å². The summed E-state index contributed by atoms with van der Waals surface area (Å²) in [7, 11) is 0. The fourth-order valence-corrected chi connectivity index (χ4v) is 2.73. The molecule has 4 heteroatoms. The molecule has 1 aliphatic rings. The summed E-state index contributed by atoms with van der Waals surface area (Å²) in [6, 6.07) is 0. The molecule has 0 radical (unpaired) electrons. The topological polar surface area (TPSA) is 30.7 Å². The Bertz CT molecular complexity index is 386. The minimum atomic E-state index is -1.25. The molecule has 96 valence electrons. The smallest absolute Gasteiger partial charge is 0.156 e. The summed E-state index contributed by atoms with van der Waals surface area (Å²) in [6.45, 7) is 6.60. The summed E-state index contributed by atoms with van der Waals surface area (Å²) in [5, 5.41) is 8.28. The zero-order valence-corrected chi connectivity index (χ0v) is 11.0. The molecule has 0 bridgehead atoms. The standard InChI is InChI=1S/C13H22FN3/c1-4-17-12-11(15-16-17)8-6-5-7-9-13(12,14)10(2)3/h10H,4-9H2,1-3H3. The zero-order valence-electron chi connectivity index (χ0n) is 11.0. The fourth-order valence-electron chi connectivity index (χ4n) is 2.73. The summed E-state index contributed by atoms with van der Waals surface area (Å²) in [4.78, 5) is 0. The predicted molar refractivity (Wildman–Crippen MR) is 65.5 cm³/mol. The quantitative estimate of drug-likeness (QED) is 0.793. The van der Waals surface area contributed by atoms with Crippen LogP contribution in [0.3, 0.4) is 0 Å². The minimum Gasteiger partial charge on any atom is -0.246 e. The number of nitrogens with zero attached hydrogens (tertiary/aromatic N) is 3. The van der Waals surface area contributed by atoms with Crippen molar-refractivity contribution in [2.24, 2.45) is 5.92 Å². The largest absolute Gasteiger partial charge is 0.246 e. The van der Waals surface area contributed by atoms with E-state index in [0.29, 0.717) is 13.0 Å². The Hall–Kier alpha value is -0.930. The second-order valence-corrected chi connectivity index (χ2v) is 5.28. The van der Waals surface area contributed by atoms with Gasteiger partial charge in [0.15, 0.2) is 5.67 Å². The highest BCUT2D eigenvalue weighted by molar-refractivity contribution is 5.21. The number of aryl methyl sites for hydroxylation is 2. The molecular formula is C13H22FN3. The molecule has 1 heterocycles. The molecule has 0 saturated heterocycles. The average Bonchev–Trinajstić information content (AvgIpc) is 2.68. The van der Waals surface area contributed by atoms with Crippen LogP contribution in [-0.4, -0.2) is 15.0 Å². The average molecular weight is 239 g/mol. The van der Waals surface area contributed by atoms with Crippen LogP contribution in [-0.2, 0) is 18.6 Å². The molecule has 0 spiro atoms. The van der Waals surface area contributed by atoms with Gasteiger partial charge in [-0.2, -0.15) is 0 Å². The van der Waals surface area contributed by atoms with Crippen LogP contribution in [0.25, 0.3) is 0 Å². The van der Waals surface area contributed by atoms with Crippen molar-refractivity contribution in [3.05, 3.63) is 11.4 Å². The molecule has 0 N–H and O–H groups in total. The number of halogens is 1. The lowest BCUT2D eigenvalue weighted by atomic mass is 9.81. The van der Waals surface area contributed by atoms with Crippen molar-refractivity contribution in [3.63, 3.8) is 0 Å². The van der Waals surface area contributed by atoms with Crippen molar-refractivity contribution in [1.82, 2.24) is 15.0 Å². The maximum atomic E-state index is 15.3. The third-order valence-corrected chi connectivity index (χ3v) is 3.87. The van der Waals surface area contributed by atoms with Crippen LogP contribution in [0.4, 0.5) is 4.39 Å². The van der Waals surface area contributed by atoms with Gasteiger partial charge in [0.1, 0.15) is 0 Å². The van der Waals surface area contributed by atoms with Crippen molar-refractivity contribution in [1.29, 1.82) is 0 Å². The lowest BCUT2D eigenvalue weighted by Crippen LogP contribution is -2.32. The Morgan fingerprint density at radius 1 is 1.35 bits per heavy atom. The highest BCUT2D eigenvalue weighted by Crippen LogP contribution is 2.41. The summed E-state index contributed by atoms with van der Waals surface area (Å²) in [6.07, 6.45) is 4.63. The first-order valence-electron chi connectivity index (χ1n) is 6.71. The van der Waals surface area contributed by atoms with Crippen LogP contribution in [0.1, 0.15) is 57.8 Å². The lowest BCUT2D eigenvalue weighted by molar-refractivity contribution is 0.0694. The molecule has 17 heavy (non-hydrogen) atoms. The summed E-state index contributed by atoms with van der Waals surface area (Å²) >= 11 is 0. The van der Waals surface area contributed by atoms with E-state index in [1.807, 2.05) is 20.8 Å². The van der Waals surface area contributed by atoms with Crippen LogP contribution in [0.15, 0.2) is 0 Å². The minimum absolute atomic E-state index is 0.0249. The fraction of sp³-hybridized carbons (Fsp3) is 0.846. The van der Waals surface area contributed by atoms with E-state index >= 15 is 4.39 Å². The molecule has 1 aromatic rings. The van der Waals surface area contributed by atoms with E-state index in [1.165, 1.54) is 0 Å². The van der Waals surface area contributed by atoms with Crippen molar-refractivity contribution in [2.45, 2.75) is 65.1 Å².